The molecule has 0 spiro atoms. The monoisotopic (exact) mass is 310 g/mol. The van der Waals surface area contributed by atoms with E-state index in [1.54, 1.807) is 0 Å². The number of hydrogen-bond acceptors (Lipinski definition) is 3. The molecule has 0 saturated carbocycles. The van der Waals surface area contributed by atoms with Crippen molar-refractivity contribution >= 4 is 5.69 Å². The second-order valence-electron chi connectivity index (χ2n) is 6.88. The number of benzene rings is 2. The maximum Gasteiger partial charge on any atom is 0.143 e. The predicted octanol–water partition coefficient (Wildman–Crippen LogP) is 4.16. The molecule has 3 nitrogen and oxygen atoms in total. The Morgan fingerprint density at radius 2 is 1.96 bits per heavy atom. The highest BCUT2D eigenvalue weighted by Gasteiger charge is 2.26. The SMILES string of the molecule is CC(NCCc1ccc2c(c1)NCC(C)(C)O2)c1ccccc1. The van der Waals surface area contributed by atoms with E-state index in [2.05, 4.69) is 79.9 Å². The first-order valence-corrected chi connectivity index (χ1v) is 8.38. The van der Waals surface area contributed by atoms with Crippen molar-refractivity contribution in [2.24, 2.45) is 0 Å². The molecule has 1 aliphatic heterocycles. The van der Waals surface area contributed by atoms with E-state index in [0.29, 0.717) is 6.04 Å². The van der Waals surface area contributed by atoms with Gasteiger partial charge in [-0.25, -0.2) is 0 Å². The molecule has 122 valence electrons. The molecule has 2 aromatic rings. The molecule has 0 bridgehead atoms. The van der Waals surface area contributed by atoms with Gasteiger partial charge >= 0.3 is 0 Å². The van der Waals surface area contributed by atoms with Crippen molar-refractivity contribution in [1.82, 2.24) is 5.32 Å². The zero-order chi connectivity index (χ0) is 16.3. The summed E-state index contributed by atoms with van der Waals surface area (Å²) in [4.78, 5) is 0. The minimum absolute atomic E-state index is 0.138. The maximum atomic E-state index is 6.00. The van der Waals surface area contributed by atoms with Crippen LogP contribution in [0.1, 0.15) is 37.9 Å². The molecule has 23 heavy (non-hydrogen) atoms. The summed E-state index contributed by atoms with van der Waals surface area (Å²) in [6.45, 7) is 8.21. The van der Waals surface area contributed by atoms with Crippen LogP contribution >= 0.6 is 0 Å². The Morgan fingerprint density at radius 3 is 2.74 bits per heavy atom. The highest BCUT2D eigenvalue weighted by atomic mass is 16.5. The Balaban J connectivity index is 1.55. The van der Waals surface area contributed by atoms with Crippen molar-refractivity contribution in [3.05, 3.63) is 59.7 Å². The molecule has 0 amide bonds. The first kappa shape index (κ1) is 15.9. The molecule has 2 aromatic carbocycles. The molecule has 1 unspecified atom stereocenters. The van der Waals surface area contributed by atoms with E-state index in [4.69, 9.17) is 4.74 Å². The molecule has 1 atom stereocenters. The fourth-order valence-electron chi connectivity index (χ4n) is 2.89. The average molecular weight is 310 g/mol. The maximum absolute atomic E-state index is 6.00. The molecule has 0 aliphatic carbocycles. The molecule has 1 aliphatic rings. The van der Waals surface area contributed by atoms with Crippen molar-refractivity contribution in [1.29, 1.82) is 0 Å². The van der Waals surface area contributed by atoms with Crippen molar-refractivity contribution in [2.45, 2.75) is 38.8 Å². The van der Waals surface area contributed by atoms with Gasteiger partial charge in [-0.05, 0) is 57.0 Å². The summed E-state index contributed by atoms with van der Waals surface area (Å²) >= 11 is 0. The Hall–Kier alpha value is -2.00. The van der Waals surface area contributed by atoms with Crippen LogP contribution in [0.15, 0.2) is 48.5 Å². The first-order chi connectivity index (χ1) is 11.0. The fraction of sp³-hybridized carbons (Fsp3) is 0.400. The van der Waals surface area contributed by atoms with Gasteiger partial charge in [-0.15, -0.1) is 0 Å². The van der Waals surface area contributed by atoms with Crippen LogP contribution in [0.5, 0.6) is 5.75 Å². The van der Waals surface area contributed by atoms with E-state index in [1.807, 2.05) is 0 Å². The smallest absolute Gasteiger partial charge is 0.143 e. The van der Waals surface area contributed by atoms with Crippen LogP contribution in [0, 0.1) is 0 Å². The van der Waals surface area contributed by atoms with Gasteiger partial charge in [-0.1, -0.05) is 36.4 Å². The van der Waals surface area contributed by atoms with Crippen LogP contribution in [-0.2, 0) is 6.42 Å². The largest absolute Gasteiger partial charge is 0.484 e. The number of anilines is 1. The number of ether oxygens (including phenoxy) is 1. The minimum atomic E-state index is -0.138. The predicted molar refractivity (Wildman–Crippen MR) is 96.2 cm³/mol. The molecule has 2 N–H and O–H groups in total. The van der Waals surface area contributed by atoms with E-state index in [9.17, 15) is 0 Å². The molecular weight excluding hydrogens is 284 g/mol. The summed E-state index contributed by atoms with van der Waals surface area (Å²) in [6.07, 6.45) is 1.01. The van der Waals surface area contributed by atoms with Crippen molar-refractivity contribution in [3.63, 3.8) is 0 Å². The van der Waals surface area contributed by atoms with Crippen LogP contribution in [0.2, 0.25) is 0 Å². The van der Waals surface area contributed by atoms with Crippen LogP contribution in [0.25, 0.3) is 0 Å². The van der Waals surface area contributed by atoms with Gasteiger partial charge in [0.25, 0.3) is 0 Å². The van der Waals surface area contributed by atoms with Gasteiger partial charge < -0.3 is 15.4 Å². The lowest BCUT2D eigenvalue weighted by atomic mass is 10.0. The van der Waals surface area contributed by atoms with E-state index < -0.39 is 0 Å². The molecular formula is C20H26N2O. The van der Waals surface area contributed by atoms with Gasteiger partial charge in [0.2, 0.25) is 0 Å². The lowest BCUT2D eigenvalue weighted by molar-refractivity contribution is 0.116. The standard InChI is InChI=1S/C20H26N2O/c1-15(17-7-5-4-6-8-17)21-12-11-16-9-10-19-18(13-16)22-14-20(2,3)23-19/h4-10,13,15,21-22H,11-12,14H2,1-3H3. The molecule has 3 heteroatoms. The molecule has 0 saturated heterocycles. The number of rotatable bonds is 5. The third-order valence-corrected chi connectivity index (χ3v) is 4.30. The van der Waals surface area contributed by atoms with Gasteiger partial charge in [0.1, 0.15) is 11.4 Å². The van der Waals surface area contributed by atoms with Crippen molar-refractivity contribution < 1.29 is 4.74 Å². The Bertz CT molecular complexity index is 652. The van der Waals surface area contributed by atoms with E-state index in [0.717, 1.165) is 30.9 Å². The minimum Gasteiger partial charge on any atom is -0.484 e. The summed E-state index contributed by atoms with van der Waals surface area (Å²) in [5, 5.41) is 7.06. The highest BCUT2D eigenvalue weighted by Crippen LogP contribution is 2.33. The van der Waals surface area contributed by atoms with Crippen LogP contribution in [0.4, 0.5) is 5.69 Å². The van der Waals surface area contributed by atoms with E-state index in [1.165, 1.54) is 11.1 Å². The summed E-state index contributed by atoms with van der Waals surface area (Å²) in [6, 6.07) is 17.4. The highest BCUT2D eigenvalue weighted by molar-refractivity contribution is 5.60. The molecule has 0 aromatic heterocycles. The first-order valence-electron chi connectivity index (χ1n) is 8.38. The van der Waals surface area contributed by atoms with Gasteiger partial charge in [0.05, 0.1) is 12.2 Å². The second kappa shape index (κ2) is 6.63. The third-order valence-electron chi connectivity index (χ3n) is 4.30. The van der Waals surface area contributed by atoms with Gasteiger partial charge in [-0.3, -0.25) is 0 Å². The Kier molecular flexibility index (Phi) is 4.58. The summed E-state index contributed by atoms with van der Waals surface area (Å²) < 4.78 is 6.00. The summed E-state index contributed by atoms with van der Waals surface area (Å²) in [5.74, 6) is 0.954. The summed E-state index contributed by atoms with van der Waals surface area (Å²) in [7, 11) is 0. The van der Waals surface area contributed by atoms with E-state index in [-0.39, 0.29) is 5.60 Å². The second-order valence-corrected chi connectivity index (χ2v) is 6.88. The van der Waals surface area contributed by atoms with Crippen LogP contribution in [0.3, 0.4) is 0 Å². The zero-order valence-corrected chi connectivity index (χ0v) is 14.2. The lowest BCUT2D eigenvalue weighted by Crippen LogP contribution is -2.40. The number of hydrogen-bond donors (Lipinski definition) is 2. The molecule has 1 heterocycles. The molecule has 3 rings (SSSR count). The number of nitrogens with one attached hydrogen (secondary N) is 2. The fourth-order valence-corrected chi connectivity index (χ4v) is 2.89. The van der Waals surface area contributed by atoms with Crippen molar-refractivity contribution in [3.8, 4) is 5.75 Å². The van der Waals surface area contributed by atoms with Gasteiger partial charge in [0, 0.05) is 6.04 Å². The van der Waals surface area contributed by atoms with Crippen LogP contribution in [-0.4, -0.2) is 18.7 Å². The average Bonchev–Trinajstić information content (AvgIpc) is 2.55. The van der Waals surface area contributed by atoms with E-state index >= 15 is 0 Å². The van der Waals surface area contributed by atoms with Gasteiger partial charge in [-0.2, -0.15) is 0 Å². The van der Waals surface area contributed by atoms with Crippen molar-refractivity contribution in [2.75, 3.05) is 18.4 Å². The summed E-state index contributed by atoms with van der Waals surface area (Å²) in [5.41, 5.74) is 3.63. The number of fused-ring (bicyclic) bond motifs is 1. The quantitative estimate of drug-likeness (QED) is 0.870. The third kappa shape index (κ3) is 4.05. The van der Waals surface area contributed by atoms with Gasteiger partial charge in [0.15, 0.2) is 0 Å². The normalized spacial score (nSPS) is 16.8. The van der Waals surface area contributed by atoms with Crippen LogP contribution < -0.4 is 15.4 Å². The topological polar surface area (TPSA) is 33.3 Å². The molecule has 0 radical (unpaired) electrons. The Labute approximate surface area is 139 Å². The lowest BCUT2D eigenvalue weighted by Gasteiger charge is -2.33. The molecule has 0 fully saturated rings. The Morgan fingerprint density at radius 1 is 1.17 bits per heavy atom. The zero-order valence-electron chi connectivity index (χ0n) is 14.2.